The highest BCUT2D eigenvalue weighted by molar-refractivity contribution is 5.54. The van der Waals surface area contributed by atoms with Crippen LogP contribution in [0.25, 0.3) is 0 Å². The molecule has 1 fully saturated rings. The average Bonchev–Trinajstić information content (AvgIpc) is 2.36. The van der Waals surface area contributed by atoms with Gasteiger partial charge in [0.25, 0.3) is 0 Å². The Hall–Kier alpha value is -1.02. The fraction of sp³-hybridized carbons (Fsp3) is 0.625. The number of anilines is 1. The van der Waals surface area contributed by atoms with Gasteiger partial charge in [-0.3, -0.25) is 0 Å². The second-order valence-corrected chi connectivity index (χ2v) is 5.67. The molecule has 0 amide bonds. The summed E-state index contributed by atoms with van der Waals surface area (Å²) in [6.07, 6.45) is 7.10. The van der Waals surface area contributed by atoms with Gasteiger partial charge in [0.15, 0.2) is 0 Å². The quantitative estimate of drug-likeness (QED) is 0.851. The zero-order valence-corrected chi connectivity index (χ0v) is 11.7. The van der Waals surface area contributed by atoms with E-state index in [1.165, 1.54) is 36.1 Å². The summed E-state index contributed by atoms with van der Waals surface area (Å²) < 4.78 is 0. The number of hydrogen-bond donors (Lipinski definition) is 2. The predicted octanol–water partition coefficient (Wildman–Crippen LogP) is 3.63. The Morgan fingerprint density at radius 3 is 2.61 bits per heavy atom. The van der Waals surface area contributed by atoms with Gasteiger partial charge in [-0.2, -0.15) is 0 Å². The monoisotopic (exact) mass is 246 g/mol. The molecule has 0 spiro atoms. The van der Waals surface area contributed by atoms with Crippen LogP contribution >= 0.6 is 0 Å². The molecule has 2 heteroatoms. The maximum atomic E-state index is 5.96. The summed E-state index contributed by atoms with van der Waals surface area (Å²) >= 11 is 0. The molecule has 1 aromatic carbocycles. The smallest absolute Gasteiger partial charge is 0.0377 e. The van der Waals surface area contributed by atoms with Crippen LogP contribution in [0.1, 0.15) is 50.2 Å². The summed E-state index contributed by atoms with van der Waals surface area (Å²) in [5.41, 5.74) is 10.1. The summed E-state index contributed by atoms with van der Waals surface area (Å²) in [7, 11) is 0. The number of nitrogens with two attached hydrogens (primary N) is 1. The third-order valence-electron chi connectivity index (χ3n) is 3.92. The molecule has 0 aromatic heterocycles. The predicted molar refractivity (Wildman–Crippen MR) is 79.0 cm³/mol. The van der Waals surface area contributed by atoms with Crippen LogP contribution in [0.4, 0.5) is 5.69 Å². The summed E-state index contributed by atoms with van der Waals surface area (Å²) in [5.74, 6) is 0. The Morgan fingerprint density at radius 1 is 1.22 bits per heavy atom. The second-order valence-electron chi connectivity index (χ2n) is 5.67. The largest absolute Gasteiger partial charge is 0.382 e. The molecule has 0 saturated heterocycles. The fourth-order valence-corrected chi connectivity index (χ4v) is 2.80. The Kier molecular flexibility index (Phi) is 4.65. The van der Waals surface area contributed by atoms with E-state index in [0.717, 1.165) is 19.3 Å². The molecule has 0 unspecified atom stereocenters. The van der Waals surface area contributed by atoms with E-state index >= 15 is 0 Å². The zero-order chi connectivity index (χ0) is 13.0. The minimum atomic E-state index is 0.427. The van der Waals surface area contributed by atoms with Gasteiger partial charge >= 0.3 is 0 Å². The summed E-state index contributed by atoms with van der Waals surface area (Å²) in [6, 6.07) is 7.82. The van der Waals surface area contributed by atoms with Crippen molar-refractivity contribution in [3.8, 4) is 0 Å². The van der Waals surface area contributed by atoms with Gasteiger partial charge in [-0.15, -0.1) is 0 Å². The second kappa shape index (κ2) is 6.24. The number of aryl methyl sites for hydroxylation is 2. The highest BCUT2D eigenvalue weighted by atomic mass is 14.9. The molecule has 2 nitrogen and oxygen atoms in total. The van der Waals surface area contributed by atoms with Crippen molar-refractivity contribution in [3.05, 3.63) is 29.3 Å². The first-order valence-electron chi connectivity index (χ1n) is 7.30. The molecule has 1 aromatic rings. The van der Waals surface area contributed by atoms with Crippen LogP contribution in [0, 0.1) is 6.92 Å². The molecule has 3 N–H and O–H groups in total. The van der Waals surface area contributed by atoms with Crippen LogP contribution in [-0.4, -0.2) is 12.1 Å². The lowest BCUT2D eigenvalue weighted by molar-refractivity contribution is 0.411. The highest BCUT2D eigenvalue weighted by Crippen LogP contribution is 2.25. The first kappa shape index (κ1) is 13.4. The van der Waals surface area contributed by atoms with E-state index in [9.17, 15) is 0 Å². The molecule has 2 rings (SSSR count). The standard InChI is InChI=1S/C16H26N2/c1-3-4-13-6-5-12(2)11-16(13)18-15-9-7-14(17)8-10-15/h5-6,11,14-15,18H,3-4,7-10,17H2,1-2H3. The van der Waals surface area contributed by atoms with E-state index < -0.39 is 0 Å². The molecule has 18 heavy (non-hydrogen) atoms. The lowest BCUT2D eigenvalue weighted by atomic mass is 9.91. The maximum absolute atomic E-state index is 5.96. The van der Waals surface area contributed by atoms with Crippen LogP contribution in [0.2, 0.25) is 0 Å². The number of hydrogen-bond acceptors (Lipinski definition) is 2. The van der Waals surface area contributed by atoms with Gasteiger partial charge in [-0.25, -0.2) is 0 Å². The van der Waals surface area contributed by atoms with Crippen molar-refractivity contribution in [2.45, 2.75) is 64.5 Å². The Morgan fingerprint density at radius 2 is 1.94 bits per heavy atom. The molecule has 1 saturated carbocycles. The average molecular weight is 246 g/mol. The van der Waals surface area contributed by atoms with Crippen molar-refractivity contribution in [1.29, 1.82) is 0 Å². The van der Waals surface area contributed by atoms with Crippen LogP contribution in [-0.2, 0) is 6.42 Å². The lowest BCUT2D eigenvalue weighted by Gasteiger charge is -2.28. The molecule has 0 atom stereocenters. The molecule has 1 aliphatic carbocycles. The van der Waals surface area contributed by atoms with Crippen molar-refractivity contribution in [2.75, 3.05) is 5.32 Å². The van der Waals surface area contributed by atoms with E-state index in [2.05, 4.69) is 37.4 Å². The van der Waals surface area contributed by atoms with Crippen molar-refractivity contribution in [3.63, 3.8) is 0 Å². The van der Waals surface area contributed by atoms with Gasteiger partial charge < -0.3 is 11.1 Å². The first-order valence-corrected chi connectivity index (χ1v) is 7.30. The minimum Gasteiger partial charge on any atom is -0.382 e. The molecular formula is C16H26N2. The van der Waals surface area contributed by atoms with Gasteiger partial charge in [-0.1, -0.05) is 25.5 Å². The van der Waals surface area contributed by atoms with Gasteiger partial charge in [-0.05, 0) is 56.2 Å². The van der Waals surface area contributed by atoms with Crippen LogP contribution in [0.5, 0.6) is 0 Å². The Balaban J connectivity index is 2.05. The van der Waals surface area contributed by atoms with Crippen LogP contribution in [0.3, 0.4) is 0 Å². The van der Waals surface area contributed by atoms with Crippen molar-refractivity contribution >= 4 is 5.69 Å². The molecule has 0 aliphatic heterocycles. The molecule has 0 heterocycles. The summed E-state index contributed by atoms with van der Waals surface area (Å²) in [5, 5.41) is 3.74. The van der Waals surface area contributed by atoms with E-state index in [-0.39, 0.29) is 0 Å². The third kappa shape index (κ3) is 3.49. The van der Waals surface area contributed by atoms with Crippen molar-refractivity contribution < 1.29 is 0 Å². The Bertz CT molecular complexity index is 379. The maximum Gasteiger partial charge on any atom is 0.0377 e. The van der Waals surface area contributed by atoms with Gasteiger partial charge in [0.1, 0.15) is 0 Å². The highest BCUT2D eigenvalue weighted by Gasteiger charge is 2.18. The SMILES string of the molecule is CCCc1ccc(C)cc1NC1CCC(N)CC1. The normalized spacial score (nSPS) is 23.9. The van der Waals surface area contributed by atoms with Gasteiger partial charge in [0.05, 0.1) is 0 Å². The fourth-order valence-electron chi connectivity index (χ4n) is 2.80. The summed E-state index contributed by atoms with van der Waals surface area (Å²) in [6.45, 7) is 4.40. The topological polar surface area (TPSA) is 38.0 Å². The lowest BCUT2D eigenvalue weighted by Crippen LogP contribution is -2.33. The van der Waals surface area contributed by atoms with Crippen LogP contribution in [0.15, 0.2) is 18.2 Å². The van der Waals surface area contributed by atoms with E-state index in [4.69, 9.17) is 5.73 Å². The van der Waals surface area contributed by atoms with E-state index in [1.807, 2.05) is 0 Å². The molecular weight excluding hydrogens is 220 g/mol. The number of nitrogens with one attached hydrogen (secondary N) is 1. The zero-order valence-electron chi connectivity index (χ0n) is 11.7. The number of rotatable bonds is 4. The Labute approximate surface area is 111 Å². The van der Waals surface area contributed by atoms with E-state index in [0.29, 0.717) is 12.1 Å². The summed E-state index contributed by atoms with van der Waals surface area (Å²) in [4.78, 5) is 0. The molecule has 1 aliphatic rings. The van der Waals surface area contributed by atoms with Crippen molar-refractivity contribution in [1.82, 2.24) is 0 Å². The van der Waals surface area contributed by atoms with E-state index in [1.54, 1.807) is 0 Å². The van der Waals surface area contributed by atoms with Crippen LogP contribution < -0.4 is 11.1 Å². The molecule has 0 bridgehead atoms. The molecule has 0 radical (unpaired) electrons. The minimum absolute atomic E-state index is 0.427. The third-order valence-corrected chi connectivity index (χ3v) is 3.92. The van der Waals surface area contributed by atoms with Crippen molar-refractivity contribution in [2.24, 2.45) is 5.73 Å². The van der Waals surface area contributed by atoms with Gasteiger partial charge in [0, 0.05) is 17.8 Å². The number of benzene rings is 1. The van der Waals surface area contributed by atoms with Gasteiger partial charge in [0.2, 0.25) is 0 Å². The first-order chi connectivity index (χ1) is 8.69. The molecule has 100 valence electrons.